The topological polar surface area (TPSA) is 38.8 Å². The Hall–Kier alpha value is -2.34. The molecular weight excluding hydrogens is 394 g/mol. The van der Waals surface area contributed by atoms with Gasteiger partial charge in [0.2, 0.25) is 0 Å². The molecule has 28 heavy (non-hydrogen) atoms. The summed E-state index contributed by atoms with van der Waals surface area (Å²) < 4.78 is 11.7. The van der Waals surface area contributed by atoms with Crippen molar-refractivity contribution in [2.24, 2.45) is 0 Å². The van der Waals surface area contributed by atoms with Crippen LogP contribution in [-0.2, 0) is 24.5 Å². The van der Waals surface area contributed by atoms with Gasteiger partial charge in [0.25, 0.3) is 5.91 Å². The van der Waals surface area contributed by atoms with Crippen LogP contribution in [0, 0.1) is 0 Å². The molecule has 4 rings (SSSR count). The molecule has 0 unspecified atom stereocenters. The van der Waals surface area contributed by atoms with Crippen molar-refractivity contribution >= 4 is 28.8 Å². The van der Waals surface area contributed by atoms with E-state index in [0.29, 0.717) is 32.9 Å². The Morgan fingerprint density at radius 2 is 1.89 bits per heavy atom. The van der Waals surface area contributed by atoms with Crippen molar-refractivity contribution in [1.29, 1.82) is 0 Å². The molecule has 1 aromatic heterocycles. The molecule has 1 aliphatic rings. The first-order valence-electron chi connectivity index (χ1n) is 9.08. The molecule has 0 N–H and O–H groups in total. The van der Waals surface area contributed by atoms with Gasteiger partial charge in [0, 0.05) is 17.1 Å². The smallest absolute Gasteiger partial charge is 0.264 e. The summed E-state index contributed by atoms with van der Waals surface area (Å²) in [7, 11) is 0. The lowest BCUT2D eigenvalue weighted by molar-refractivity contribution is 0.0738. The first kappa shape index (κ1) is 19.0. The number of thiophene rings is 1. The van der Waals surface area contributed by atoms with Crippen LogP contribution in [0.25, 0.3) is 0 Å². The molecular formula is C22H20ClNO3S. The Bertz CT molecular complexity index is 941. The SMILES string of the molecule is O=C(c1cccs1)N1CCOc2ccc(COCc3ccc(Cl)cc3)cc2C1. The monoisotopic (exact) mass is 413 g/mol. The molecule has 0 bridgehead atoms. The van der Waals surface area contributed by atoms with Crippen LogP contribution in [0.5, 0.6) is 5.75 Å². The molecule has 4 nitrogen and oxygen atoms in total. The number of fused-ring (bicyclic) bond motifs is 1. The molecule has 0 radical (unpaired) electrons. The maximum absolute atomic E-state index is 12.7. The third-order valence-corrected chi connectivity index (χ3v) is 5.68. The molecule has 6 heteroatoms. The van der Waals surface area contributed by atoms with Gasteiger partial charge >= 0.3 is 0 Å². The van der Waals surface area contributed by atoms with Crippen LogP contribution in [0.3, 0.4) is 0 Å². The summed E-state index contributed by atoms with van der Waals surface area (Å²) in [5.74, 6) is 0.888. The van der Waals surface area contributed by atoms with Gasteiger partial charge in [-0.3, -0.25) is 4.79 Å². The predicted molar refractivity (Wildman–Crippen MR) is 111 cm³/mol. The molecule has 2 aromatic carbocycles. The largest absolute Gasteiger partial charge is 0.491 e. The summed E-state index contributed by atoms with van der Waals surface area (Å²) in [6.07, 6.45) is 0. The van der Waals surface area contributed by atoms with Crippen LogP contribution in [0.4, 0.5) is 0 Å². The first-order chi connectivity index (χ1) is 13.7. The molecule has 2 heterocycles. The Kier molecular flexibility index (Phi) is 5.95. The highest BCUT2D eigenvalue weighted by Gasteiger charge is 2.21. The van der Waals surface area contributed by atoms with E-state index in [4.69, 9.17) is 21.1 Å². The van der Waals surface area contributed by atoms with E-state index in [1.807, 2.05) is 58.8 Å². The fourth-order valence-electron chi connectivity index (χ4n) is 3.13. The highest BCUT2D eigenvalue weighted by molar-refractivity contribution is 7.12. The van der Waals surface area contributed by atoms with Gasteiger partial charge in [0.1, 0.15) is 12.4 Å². The lowest BCUT2D eigenvalue weighted by Gasteiger charge is -2.19. The standard InChI is InChI=1S/C22H20ClNO3S/c23-19-6-3-16(4-7-19)14-26-15-17-5-8-20-18(12-17)13-24(9-10-27-20)22(25)21-2-1-11-28-21/h1-8,11-12H,9-10,13-15H2. The third-order valence-electron chi connectivity index (χ3n) is 4.57. The number of rotatable bonds is 5. The number of carbonyl (C=O) groups excluding carboxylic acids is 1. The van der Waals surface area contributed by atoms with Crippen molar-refractivity contribution in [1.82, 2.24) is 4.90 Å². The third kappa shape index (κ3) is 4.55. The second kappa shape index (κ2) is 8.78. The van der Waals surface area contributed by atoms with E-state index in [9.17, 15) is 4.79 Å². The molecule has 0 saturated carbocycles. The van der Waals surface area contributed by atoms with Gasteiger partial charge in [0.15, 0.2) is 0 Å². The zero-order valence-corrected chi connectivity index (χ0v) is 16.8. The van der Waals surface area contributed by atoms with E-state index < -0.39 is 0 Å². The van der Waals surface area contributed by atoms with Gasteiger partial charge < -0.3 is 14.4 Å². The van der Waals surface area contributed by atoms with E-state index in [0.717, 1.165) is 32.3 Å². The molecule has 0 atom stereocenters. The highest BCUT2D eigenvalue weighted by atomic mass is 35.5. The number of hydrogen-bond donors (Lipinski definition) is 0. The van der Waals surface area contributed by atoms with E-state index >= 15 is 0 Å². The average Bonchev–Trinajstić information content (AvgIpc) is 3.16. The van der Waals surface area contributed by atoms with E-state index in [-0.39, 0.29) is 5.91 Å². The summed E-state index contributed by atoms with van der Waals surface area (Å²) in [6.45, 7) is 2.63. The van der Waals surface area contributed by atoms with Crippen LogP contribution >= 0.6 is 22.9 Å². The van der Waals surface area contributed by atoms with Crippen molar-refractivity contribution in [3.8, 4) is 5.75 Å². The minimum atomic E-state index is 0.0517. The van der Waals surface area contributed by atoms with Crippen molar-refractivity contribution in [2.75, 3.05) is 13.2 Å². The minimum Gasteiger partial charge on any atom is -0.491 e. The molecule has 0 spiro atoms. The van der Waals surface area contributed by atoms with Crippen molar-refractivity contribution < 1.29 is 14.3 Å². The average molecular weight is 414 g/mol. The van der Waals surface area contributed by atoms with Crippen LogP contribution in [-0.4, -0.2) is 24.0 Å². The molecule has 144 valence electrons. The second-order valence-electron chi connectivity index (χ2n) is 6.61. The van der Waals surface area contributed by atoms with Gasteiger partial charge in [0.05, 0.1) is 24.6 Å². The van der Waals surface area contributed by atoms with Gasteiger partial charge in [-0.15, -0.1) is 11.3 Å². The number of benzene rings is 2. The minimum absolute atomic E-state index is 0.0517. The Morgan fingerprint density at radius 1 is 1.11 bits per heavy atom. The zero-order chi connectivity index (χ0) is 19.3. The fraction of sp³-hybridized carbons (Fsp3) is 0.227. The number of carbonyl (C=O) groups is 1. The second-order valence-corrected chi connectivity index (χ2v) is 8.00. The van der Waals surface area contributed by atoms with E-state index in [2.05, 4.69) is 6.07 Å². The van der Waals surface area contributed by atoms with Crippen LogP contribution in [0.15, 0.2) is 60.0 Å². The lowest BCUT2D eigenvalue weighted by atomic mass is 10.1. The Labute approximate surface area is 173 Å². The number of halogens is 1. The highest BCUT2D eigenvalue weighted by Crippen LogP contribution is 2.26. The van der Waals surface area contributed by atoms with Gasteiger partial charge in [-0.1, -0.05) is 35.9 Å². The quantitative estimate of drug-likeness (QED) is 0.580. The summed E-state index contributed by atoms with van der Waals surface area (Å²) >= 11 is 7.37. The van der Waals surface area contributed by atoms with Crippen LogP contribution in [0.2, 0.25) is 5.02 Å². The summed E-state index contributed by atoms with van der Waals surface area (Å²) in [5, 5.41) is 2.64. The van der Waals surface area contributed by atoms with Crippen molar-refractivity contribution in [2.45, 2.75) is 19.8 Å². The zero-order valence-electron chi connectivity index (χ0n) is 15.3. The van der Waals surface area contributed by atoms with E-state index in [1.54, 1.807) is 0 Å². The maximum Gasteiger partial charge on any atom is 0.264 e. The fourth-order valence-corrected chi connectivity index (χ4v) is 3.95. The first-order valence-corrected chi connectivity index (χ1v) is 10.3. The summed E-state index contributed by atoms with van der Waals surface area (Å²) in [6, 6.07) is 17.4. The van der Waals surface area contributed by atoms with Crippen molar-refractivity contribution in [3.05, 3.63) is 86.6 Å². The van der Waals surface area contributed by atoms with Gasteiger partial charge in [-0.05, 0) is 46.8 Å². The number of amides is 1. The Balaban J connectivity index is 1.42. The predicted octanol–water partition coefficient (Wildman–Crippen LogP) is 5.15. The molecule has 0 saturated heterocycles. The van der Waals surface area contributed by atoms with Crippen LogP contribution in [0.1, 0.15) is 26.4 Å². The number of hydrogen-bond acceptors (Lipinski definition) is 4. The normalized spacial score (nSPS) is 13.5. The van der Waals surface area contributed by atoms with Gasteiger partial charge in [-0.25, -0.2) is 0 Å². The maximum atomic E-state index is 12.7. The molecule has 1 amide bonds. The van der Waals surface area contributed by atoms with E-state index in [1.165, 1.54) is 11.3 Å². The Morgan fingerprint density at radius 3 is 2.68 bits per heavy atom. The summed E-state index contributed by atoms with van der Waals surface area (Å²) in [5.41, 5.74) is 3.15. The van der Waals surface area contributed by atoms with Gasteiger partial charge in [-0.2, -0.15) is 0 Å². The molecule has 0 aliphatic carbocycles. The number of ether oxygens (including phenoxy) is 2. The number of nitrogens with zero attached hydrogens (tertiary/aromatic N) is 1. The van der Waals surface area contributed by atoms with Crippen LogP contribution < -0.4 is 4.74 Å². The molecule has 1 aliphatic heterocycles. The van der Waals surface area contributed by atoms with Crippen molar-refractivity contribution in [3.63, 3.8) is 0 Å². The summed E-state index contributed by atoms with van der Waals surface area (Å²) in [4.78, 5) is 15.3. The molecule has 0 fully saturated rings. The lowest BCUT2D eigenvalue weighted by Crippen LogP contribution is -2.31. The molecule has 3 aromatic rings.